The molecule has 110 valence electrons. The van der Waals surface area contributed by atoms with E-state index in [1.807, 2.05) is 13.8 Å². The van der Waals surface area contributed by atoms with Gasteiger partial charge in [-0.25, -0.2) is 0 Å². The quantitative estimate of drug-likeness (QED) is 0.797. The lowest BCUT2D eigenvalue weighted by molar-refractivity contribution is -0.200. The van der Waals surface area contributed by atoms with Gasteiger partial charge in [-0.2, -0.15) is 0 Å². The summed E-state index contributed by atoms with van der Waals surface area (Å²) in [6, 6.07) is 0. The first-order valence-corrected chi connectivity index (χ1v) is 7.62. The van der Waals surface area contributed by atoms with Crippen LogP contribution in [0.2, 0.25) is 0 Å². The summed E-state index contributed by atoms with van der Waals surface area (Å²) in [4.78, 5) is 0. The maximum absolute atomic E-state index is 10.5. The highest BCUT2D eigenvalue weighted by Crippen LogP contribution is 2.42. The van der Waals surface area contributed by atoms with Crippen molar-refractivity contribution in [2.75, 3.05) is 0 Å². The van der Waals surface area contributed by atoms with Crippen molar-refractivity contribution < 1.29 is 14.6 Å². The Morgan fingerprint density at radius 3 is 2.42 bits per heavy atom. The maximum atomic E-state index is 10.5. The standard InChI is InChI=1S/C16H28O3/c1-11(2)10-12(3)14(17)15-13(4)18-16(19-15)8-6-5-7-9-16/h10,12-15,17H,5-9H2,1-4H3/t12-,13+,14-,15-/m0/s1. The number of rotatable bonds is 3. The average Bonchev–Trinajstić information content (AvgIpc) is 2.65. The van der Waals surface area contributed by atoms with Crippen LogP contribution in [0.5, 0.6) is 0 Å². The van der Waals surface area contributed by atoms with Crippen LogP contribution in [-0.4, -0.2) is 29.2 Å². The Labute approximate surface area is 117 Å². The van der Waals surface area contributed by atoms with Crippen LogP contribution in [-0.2, 0) is 9.47 Å². The molecule has 0 bridgehead atoms. The van der Waals surface area contributed by atoms with Crippen LogP contribution in [0.3, 0.4) is 0 Å². The van der Waals surface area contributed by atoms with Gasteiger partial charge in [0.05, 0.1) is 12.2 Å². The van der Waals surface area contributed by atoms with E-state index in [1.165, 1.54) is 24.8 Å². The van der Waals surface area contributed by atoms with Crippen LogP contribution in [0.25, 0.3) is 0 Å². The summed E-state index contributed by atoms with van der Waals surface area (Å²) in [5, 5.41) is 10.5. The van der Waals surface area contributed by atoms with Crippen molar-refractivity contribution in [2.24, 2.45) is 5.92 Å². The lowest BCUT2D eigenvalue weighted by Gasteiger charge is -2.32. The molecule has 19 heavy (non-hydrogen) atoms. The zero-order chi connectivity index (χ0) is 14.0. The molecule has 1 aliphatic carbocycles. The van der Waals surface area contributed by atoms with E-state index < -0.39 is 11.9 Å². The molecule has 1 saturated carbocycles. The molecule has 1 N–H and O–H groups in total. The molecule has 1 spiro atoms. The largest absolute Gasteiger partial charge is 0.390 e. The second-order valence-corrected chi connectivity index (χ2v) is 6.47. The van der Waals surface area contributed by atoms with Gasteiger partial charge in [-0.15, -0.1) is 0 Å². The molecule has 0 aromatic carbocycles. The van der Waals surface area contributed by atoms with Gasteiger partial charge in [0.2, 0.25) is 0 Å². The summed E-state index contributed by atoms with van der Waals surface area (Å²) in [5.41, 5.74) is 1.23. The molecule has 2 aliphatic rings. The molecule has 2 fully saturated rings. The monoisotopic (exact) mass is 268 g/mol. The number of hydrogen-bond donors (Lipinski definition) is 1. The first-order valence-electron chi connectivity index (χ1n) is 7.62. The Kier molecular flexibility index (Phi) is 4.70. The van der Waals surface area contributed by atoms with E-state index in [0.29, 0.717) is 0 Å². The van der Waals surface area contributed by atoms with Crippen molar-refractivity contribution in [2.45, 2.75) is 83.9 Å². The van der Waals surface area contributed by atoms with E-state index in [0.717, 1.165) is 12.8 Å². The number of aliphatic hydroxyl groups is 1. The topological polar surface area (TPSA) is 38.7 Å². The van der Waals surface area contributed by atoms with Crippen LogP contribution in [0.4, 0.5) is 0 Å². The smallest absolute Gasteiger partial charge is 0.169 e. The minimum absolute atomic E-state index is 0.0267. The van der Waals surface area contributed by atoms with Gasteiger partial charge in [0, 0.05) is 18.8 Å². The molecule has 1 heterocycles. The summed E-state index contributed by atoms with van der Waals surface area (Å²) < 4.78 is 12.2. The third kappa shape index (κ3) is 3.39. The Balaban J connectivity index is 2.02. The van der Waals surface area contributed by atoms with Crippen molar-refractivity contribution in [1.29, 1.82) is 0 Å². The molecule has 3 nitrogen and oxygen atoms in total. The van der Waals surface area contributed by atoms with Crippen LogP contribution in [0.1, 0.15) is 59.8 Å². The summed E-state index contributed by atoms with van der Waals surface area (Å²) in [5.74, 6) is -0.312. The van der Waals surface area contributed by atoms with Crippen molar-refractivity contribution in [3.05, 3.63) is 11.6 Å². The Bertz CT molecular complexity index is 327. The van der Waals surface area contributed by atoms with Gasteiger partial charge in [0.15, 0.2) is 5.79 Å². The zero-order valence-electron chi connectivity index (χ0n) is 12.7. The molecule has 4 atom stereocenters. The zero-order valence-corrected chi connectivity index (χ0v) is 12.7. The van der Waals surface area contributed by atoms with Gasteiger partial charge in [-0.3, -0.25) is 0 Å². The first kappa shape index (κ1) is 15.0. The van der Waals surface area contributed by atoms with Gasteiger partial charge in [-0.1, -0.05) is 25.0 Å². The van der Waals surface area contributed by atoms with Crippen LogP contribution in [0.15, 0.2) is 11.6 Å². The fourth-order valence-electron chi connectivity index (χ4n) is 3.37. The Morgan fingerprint density at radius 1 is 1.21 bits per heavy atom. The summed E-state index contributed by atoms with van der Waals surface area (Å²) >= 11 is 0. The molecule has 1 saturated heterocycles. The van der Waals surface area contributed by atoms with Gasteiger partial charge < -0.3 is 14.6 Å². The minimum atomic E-state index is -0.494. The van der Waals surface area contributed by atoms with Crippen molar-refractivity contribution in [3.63, 3.8) is 0 Å². The van der Waals surface area contributed by atoms with Crippen LogP contribution >= 0.6 is 0 Å². The first-order chi connectivity index (χ1) is 8.93. The van der Waals surface area contributed by atoms with Gasteiger partial charge in [0.1, 0.15) is 6.10 Å². The molecule has 2 rings (SSSR count). The molecule has 1 aliphatic heterocycles. The van der Waals surface area contributed by atoms with E-state index >= 15 is 0 Å². The van der Waals surface area contributed by atoms with Crippen molar-refractivity contribution in [1.82, 2.24) is 0 Å². The summed E-state index contributed by atoms with van der Waals surface area (Å²) in [7, 11) is 0. The maximum Gasteiger partial charge on any atom is 0.169 e. The molecular weight excluding hydrogens is 240 g/mol. The Hall–Kier alpha value is -0.380. The predicted molar refractivity (Wildman–Crippen MR) is 75.8 cm³/mol. The van der Waals surface area contributed by atoms with Crippen molar-refractivity contribution in [3.8, 4) is 0 Å². The predicted octanol–water partition coefficient (Wildman–Crippen LogP) is 3.41. The average molecular weight is 268 g/mol. The van der Waals surface area contributed by atoms with E-state index in [4.69, 9.17) is 9.47 Å². The fraction of sp³-hybridized carbons (Fsp3) is 0.875. The highest BCUT2D eigenvalue weighted by atomic mass is 16.8. The third-order valence-electron chi connectivity index (χ3n) is 4.30. The van der Waals surface area contributed by atoms with Gasteiger partial charge >= 0.3 is 0 Å². The lowest BCUT2D eigenvalue weighted by Crippen LogP contribution is -2.39. The molecule has 0 aromatic heterocycles. The van der Waals surface area contributed by atoms with Gasteiger partial charge in [-0.05, 0) is 33.6 Å². The minimum Gasteiger partial charge on any atom is -0.390 e. The highest BCUT2D eigenvalue weighted by Gasteiger charge is 2.49. The van der Waals surface area contributed by atoms with E-state index in [1.54, 1.807) is 0 Å². The molecule has 3 heteroatoms. The Morgan fingerprint density at radius 2 is 1.84 bits per heavy atom. The summed E-state index contributed by atoms with van der Waals surface area (Å²) in [6.07, 6.45) is 6.92. The second kappa shape index (κ2) is 5.94. The van der Waals surface area contributed by atoms with E-state index in [9.17, 15) is 5.11 Å². The molecule has 0 aromatic rings. The van der Waals surface area contributed by atoms with Crippen LogP contribution in [0, 0.1) is 5.92 Å². The number of aliphatic hydroxyl groups excluding tert-OH is 1. The number of ether oxygens (including phenoxy) is 2. The fourth-order valence-corrected chi connectivity index (χ4v) is 3.37. The second-order valence-electron chi connectivity index (χ2n) is 6.47. The SMILES string of the molecule is CC(C)=C[C@H](C)[C@H](O)[C@H]1OC2(CCCCC2)O[C@@H]1C. The normalized spacial score (nSPS) is 33.1. The highest BCUT2D eigenvalue weighted by molar-refractivity contribution is 5.01. The summed E-state index contributed by atoms with van der Waals surface area (Å²) in [6.45, 7) is 8.18. The number of allylic oxidation sites excluding steroid dienone is 1. The molecule has 0 unspecified atom stereocenters. The van der Waals surface area contributed by atoms with Crippen LogP contribution < -0.4 is 0 Å². The third-order valence-corrected chi connectivity index (χ3v) is 4.30. The lowest BCUT2D eigenvalue weighted by atomic mass is 9.94. The molecule has 0 amide bonds. The van der Waals surface area contributed by atoms with Crippen molar-refractivity contribution >= 4 is 0 Å². The van der Waals surface area contributed by atoms with E-state index in [2.05, 4.69) is 19.9 Å². The molecule has 0 radical (unpaired) electrons. The number of hydrogen-bond acceptors (Lipinski definition) is 3. The van der Waals surface area contributed by atoms with E-state index in [-0.39, 0.29) is 18.1 Å². The molecular formula is C16H28O3. The van der Waals surface area contributed by atoms with Gasteiger partial charge in [0.25, 0.3) is 0 Å².